The van der Waals surface area contributed by atoms with Crippen LogP contribution in [-0.2, 0) is 4.84 Å². The van der Waals surface area contributed by atoms with Crippen LogP contribution in [0.4, 0.5) is 20.7 Å². The number of halogens is 1. The minimum atomic E-state index is -1.10. The van der Waals surface area contributed by atoms with E-state index in [-0.39, 0.29) is 17.9 Å². The Bertz CT molecular complexity index is 1650. The summed E-state index contributed by atoms with van der Waals surface area (Å²) in [6.45, 7) is 3.47. The van der Waals surface area contributed by atoms with Crippen molar-refractivity contribution in [3.8, 4) is 11.8 Å². The van der Waals surface area contributed by atoms with E-state index in [0.29, 0.717) is 47.6 Å². The summed E-state index contributed by atoms with van der Waals surface area (Å²) in [7, 11) is 1.90. The number of nitrogens with one attached hydrogen (secondary N) is 1. The third-order valence-corrected chi connectivity index (χ3v) is 7.64. The number of carbonyl (C=O) groups is 1. The molecular weight excluding hydrogens is 523 g/mol. The number of urea groups is 1. The quantitative estimate of drug-likeness (QED) is 0.364. The summed E-state index contributed by atoms with van der Waals surface area (Å²) >= 11 is 0. The van der Waals surface area contributed by atoms with Crippen molar-refractivity contribution in [1.29, 1.82) is 0 Å². The molecular formula is C30H31FN8O2. The Balaban J connectivity index is 1.27. The van der Waals surface area contributed by atoms with Crippen LogP contribution in [0.5, 0.6) is 0 Å². The molecule has 2 aliphatic heterocycles. The summed E-state index contributed by atoms with van der Waals surface area (Å²) < 4.78 is 16.7. The molecule has 3 N–H and O–H groups in total. The van der Waals surface area contributed by atoms with Gasteiger partial charge in [0.2, 0.25) is 0 Å². The van der Waals surface area contributed by atoms with E-state index in [4.69, 9.17) is 10.6 Å². The second kappa shape index (κ2) is 11.2. The largest absolute Gasteiger partial charge is 0.383 e. The number of likely N-dealkylation sites (tertiary alicyclic amines) is 1. The number of amides is 2. The molecule has 10 nitrogen and oxygen atoms in total. The molecule has 41 heavy (non-hydrogen) atoms. The van der Waals surface area contributed by atoms with Gasteiger partial charge in [-0.3, -0.25) is 4.84 Å². The lowest BCUT2D eigenvalue weighted by Gasteiger charge is -2.32. The predicted molar refractivity (Wildman–Crippen MR) is 154 cm³/mol. The number of nitrogens with zero attached hydrogens (tertiary/aromatic N) is 6. The van der Waals surface area contributed by atoms with Crippen LogP contribution in [-0.4, -0.2) is 68.7 Å². The number of aromatic nitrogens is 4. The Hall–Kier alpha value is -4.53. The van der Waals surface area contributed by atoms with Crippen LogP contribution in [0.15, 0.2) is 54.9 Å². The second-order valence-corrected chi connectivity index (χ2v) is 10.5. The highest BCUT2D eigenvalue weighted by Crippen LogP contribution is 2.32. The fourth-order valence-electron chi connectivity index (χ4n) is 5.42. The smallest absolute Gasteiger partial charge is 0.346 e. The van der Waals surface area contributed by atoms with Crippen LogP contribution in [0.2, 0.25) is 0 Å². The highest BCUT2D eigenvalue weighted by Gasteiger charge is 2.33. The van der Waals surface area contributed by atoms with E-state index in [2.05, 4.69) is 32.2 Å². The van der Waals surface area contributed by atoms with Gasteiger partial charge in [-0.25, -0.2) is 23.8 Å². The number of rotatable bonds is 3. The van der Waals surface area contributed by atoms with Gasteiger partial charge in [0.15, 0.2) is 5.65 Å². The molecule has 2 aliphatic rings. The monoisotopic (exact) mass is 554 g/mol. The minimum Gasteiger partial charge on any atom is -0.383 e. The third-order valence-electron chi connectivity index (χ3n) is 7.64. The standard InChI is InChI=1S/C30H31FN8O2/c1-19-8-10-22(35-30(40)39-25(13-15-41-39)20-6-4-3-5-7-20)16-21(19)9-11-24-27-28(32)33-18-34-29(27)38(36-24)26-12-14-37(2)17-23(26)31/h3-8,10,16,18,23,25-26H,12-15,17H2,1-2H3,(H,35,40)(H2,32,33,34)/t23-,25+,26-/m0/s1. The number of aryl methyl sites for hydroxylation is 1. The molecule has 0 aliphatic carbocycles. The maximum absolute atomic E-state index is 15.0. The van der Waals surface area contributed by atoms with Gasteiger partial charge in [-0.05, 0) is 49.6 Å². The topological polar surface area (TPSA) is 114 Å². The number of alkyl halides is 1. The van der Waals surface area contributed by atoms with Gasteiger partial charge in [0, 0.05) is 30.8 Å². The Morgan fingerprint density at radius 2 is 1.98 bits per heavy atom. The Morgan fingerprint density at radius 1 is 1.15 bits per heavy atom. The molecule has 4 heterocycles. The number of benzene rings is 2. The summed E-state index contributed by atoms with van der Waals surface area (Å²) in [4.78, 5) is 29.3. The van der Waals surface area contributed by atoms with Crippen LogP contribution in [0, 0.1) is 18.8 Å². The first-order chi connectivity index (χ1) is 19.9. The van der Waals surface area contributed by atoms with Gasteiger partial charge in [-0.15, -0.1) is 0 Å². The molecule has 0 spiro atoms. The van der Waals surface area contributed by atoms with Crippen LogP contribution < -0.4 is 11.1 Å². The number of carbonyl (C=O) groups excluding carboxylic acids is 1. The lowest BCUT2D eigenvalue weighted by atomic mass is 10.0. The van der Waals surface area contributed by atoms with Gasteiger partial charge in [0.1, 0.15) is 24.0 Å². The average molecular weight is 555 g/mol. The summed E-state index contributed by atoms with van der Waals surface area (Å²) in [5, 5.41) is 9.49. The van der Waals surface area contributed by atoms with E-state index in [9.17, 15) is 4.79 Å². The van der Waals surface area contributed by atoms with E-state index in [1.807, 2.05) is 61.3 Å². The molecule has 2 saturated heterocycles. The average Bonchev–Trinajstić information content (AvgIpc) is 3.60. The Kier molecular flexibility index (Phi) is 7.26. The van der Waals surface area contributed by atoms with Crippen molar-refractivity contribution in [1.82, 2.24) is 29.7 Å². The Labute approximate surface area is 237 Å². The van der Waals surface area contributed by atoms with E-state index < -0.39 is 12.2 Å². The van der Waals surface area contributed by atoms with E-state index in [0.717, 1.165) is 24.1 Å². The number of nitrogens with two attached hydrogens (primary N) is 1. The molecule has 0 bridgehead atoms. The highest BCUT2D eigenvalue weighted by molar-refractivity contribution is 5.91. The van der Waals surface area contributed by atoms with Crippen molar-refractivity contribution in [2.45, 2.75) is 38.0 Å². The number of hydroxylamine groups is 2. The molecule has 2 aromatic carbocycles. The summed E-state index contributed by atoms with van der Waals surface area (Å²) in [6, 6.07) is 14.4. The van der Waals surface area contributed by atoms with Gasteiger partial charge in [-0.2, -0.15) is 10.2 Å². The lowest BCUT2D eigenvalue weighted by Crippen LogP contribution is -2.40. The van der Waals surface area contributed by atoms with Crippen LogP contribution in [0.3, 0.4) is 0 Å². The van der Waals surface area contributed by atoms with Crippen molar-refractivity contribution < 1.29 is 14.0 Å². The van der Waals surface area contributed by atoms with Crippen molar-refractivity contribution >= 4 is 28.6 Å². The van der Waals surface area contributed by atoms with Crippen LogP contribution in [0.1, 0.15) is 47.3 Å². The van der Waals surface area contributed by atoms with E-state index in [1.54, 1.807) is 10.7 Å². The van der Waals surface area contributed by atoms with Gasteiger partial charge in [0.25, 0.3) is 0 Å². The molecule has 6 rings (SSSR count). The number of fused-ring (bicyclic) bond motifs is 1. The van der Waals surface area contributed by atoms with Crippen molar-refractivity contribution in [2.24, 2.45) is 0 Å². The molecule has 11 heteroatoms. The molecule has 0 saturated carbocycles. The molecule has 2 fully saturated rings. The van der Waals surface area contributed by atoms with Gasteiger partial charge >= 0.3 is 6.03 Å². The third kappa shape index (κ3) is 5.31. The molecule has 0 unspecified atom stereocenters. The maximum Gasteiger partial charge on any atom is 0.346 e. The number of hydrogen-bond acceptors (Lipinski definition) is 7. The minimum absolute atomic E-state index is 0.162. The fourth-order valence-corrected chi connectivity index (χ4v) is 5.42. The van der Waals surface area contributed by atoms with Crippen LogP contribution in [0.25, 0.3) is 11.0 Å². The predicted octanol–water partition coefficient (Wildman–Crippen LogP) is 4.24. The lowest BCUT2D eigenvalue weighted by molar-refractivity contribution is -0.0829. The first kappa shape index (κ1) is 26.7. The molecule has 0 radical (unpaired) electrons. The van der Waals surface area contributed by atoms with Crippen molar-refractivity contribution in [2.75, 3.05) is 37.8 Å². The second-order valence-electron chi connectivity index (χ2n) is 10.5. The molecule has 210 valence electrons. The summed E-state index contributed by atoms with van der Waals surface area (Å²) in [5.41, 5.74) is 10.3. The summed E-state index contributed by atoms with van der Waals surface area (Å²) in [6.07, 6.45) is 1.57. The zero-order valence-corrected chi connectivity index (χ0v) is 22.9. The number of piperidine rings is 1. The number of hydrogen-bond donors (Lipinski definition) is 2. The van der Waals surface area contributed by atoms with Crippen molar-refractivity contribution in [3.05, 3.63) is 77.2 Å². The van der Waals surface area contributed by atoms with Crippen molar-refractivity contribution in [3.63, 3.8) is 0 Å². The fraction of sp³-hybridized carbons (Fsp3) is 0.333. The first-order valence-corrected chi connectivity index (χ1v) is 13.6. The van der Waals surface area contributed by atoms with Gasteiger partial charge < -0.3 is 16.0 Å². The maximum atomic E-state index is 15.0. The molecule has 4 aromatic rings. The normalized spacial score (nSPS) is 21.0. The highest BCUT2D eigenvalue weighted by atomic mass is 19.1. The molecule has 2 amide bonds. The van der Waals surface area contributed by atoms with Crippen LogP contribution >= 0.6 is 0 Å². The summed E-state index contributed by atoms with van der Waals surface area (Å²) in [5.74, 6) is 6.52. The number of anilines is 2. The van der Waals surface area contributed by atoms with Gasteiger partial charge in [0.05, 0.1) is 24.1 Å². The number of nitrogen functional groups attached to an aromatic ring is 1. The van der Waals surface area contributed by atoms with E-state index >= 15 is 4.39 Å². The first-order valence-electron chi connectivity index (χ1n) is 13.6. The zero-order valence-electron chi connectivity index (χ0n) is 22.9. The Morgan fingerprint density at radius 3 is 2.78 bits per heavy atom. The van der Waals surface area contributed by atoms with E-state index in [1.165, 1.54) is 11.4 Å². The SMILES string of the molecule is Cc1ccc(NC(=O)N2OCC[C@@H]2c2ccccc2)cc1C#Cc1nn([C@H]2CCN(C)C[C@@H]2F)c2ncnc(N)c12. The molecule has 2 aromatic heterocycles. The zero-order chi connectivity index (χ0) is 28.5. The molecule has 3 atom stereocenters. The van der Waals surface area contributed by atoms with Gasteiger partial charge in [-0.1, -0.05) is 42.3 Å².